The highest BCUT2D eigenvalue weighted by atomic mass is 32.2. The minimum absolute atomic E-state index is 0. The molecule has 1 N–H and O–H groups in total. The van der Waals surface area contributed by atoms with E-state index in [-0.39, 0.29) is 23.3 Å². The lowest BCUT2D eigenvalue weighted by molar-refractivity contribution is 0.102. The minimum atomic E-state index is -3.89. The minimum Gasteiger partial charge on any atom is -0.495 e. The molecule has 1 aliphatic rings. The third kappa shape index (κ3) is 4.38. The van der Waals surface area contributed by atoms with Crippen LogP contribution < -0.4 is 10.1 Å². The summed E-state index contributed by atoms with van der Waals surface area (Å²) in [7, 11) is -2.58. The van der Waals surface area contributed by atoms with Gasteiger partial charge in [-0.25, -0.2) is 21.6 Å². The second-order valence-electron chi connectivity index (χ2n) is 6.54. The van der Waals surface area contributed by atoms with Gasteiger partial charge in [-0.2, -0.15) is 4.31 Å². The van der Waals surface area contributed by atoms with E-state index in [1.54, 1.807) is 0 Å². The number of nitrogens with one attached hydrogen (secondary N) is 1. The number of nitrogens with zero attached hydrogens (tertiary/aromatic N) is 1. The van der Waals surface area contributed by atoms with E-state index in [0.29, 0.717) is 25.2 Å². The standard InChI is InChI=1S/C19H19F3N2O4S.H2/c1-28-16-6-5-12(9-17(16)29(26,27)24-7-3-2-4-8-24)19(25)23-13-10-14(20)18(22)15(21)11-13;/h5-6,9-11H,2-4,7-8H2,1H3,(H,23,25);1H. The summed E-state index contributed by atoms with van der Waals surface area (Å²) in [6.07, 6.45) is 2.42. The molecule has 1 amide bonds. The lowest BCUT2D eigenvalue weighted by Crippen LogP contribution is -2.35. The van der Waals surface area contributed by atoms with Crippen LogP contribution >= 0.6 is 0 Å². The van der Waals surface area contributed by atoms with E-state index in [2.05, 4.69) is 5.32 Å². The summed E-state index contributed by atoms with van der Waals surface area (Å²) in [4.78, 5) is 12.3. The first-order valence-corrected chi connectivity index (χ1v) is 10.3. The summed E-state index contributed by atoms with van der Waals surface area (Å²) < 4.78 is 72.2. The fourth-order valence-corrected chi connectivity index (χ4v) is 4.79. The SMILES string of the molecule is COc1ccc(C(=O)Nc2cc(F)c(F)c(F)c2)cc1S(=O)(=O)N1CCCCC1.[HH]. The molecule has 0 aromatic heterocycles. The summed E-state index contributed by atoms with van der Waals surface area (Å²) in [6, 6.07) is 5.06. The summed E-state index contributed by atoms with van der Waals surface area (Å²) >= 11 is 0. The molecule has 0 atom stereocenters. The predicted molar refractivity (Wildman–Crippen MR) is 102 cm³/mol. The number of carbonyl (C=O) groups is 1. The van der Waals surface area contributed by atoms with Crippen LogP contribution in [0.1, 0.15) is 31.0 Å². The van der Waals surface area contributed by atoms with E-state index < -0.39 is 33.4 Å². The van der Waals surface area contributed by atoms with Crippen molar-refractivity contribution in [3.05, 3.63) is 53.3 Å². The number of benzene rings is 2. The average Bonchev–Trinajstić information content (AvgIpc) is 2.72. The maximum Gasteiger partial charge on any atom is 0.255 e. The molecule has 0 radical (unpaired) electrons. The Morgan fingerprint density at radius 3 is 2.28 bits per heavy atom. The van der Waals surface area contributed by atoms with Crippen LogP contribution in [0.3, 0.4) is 0 Å². The highest BCUT2D eigenvalue weighted by Gasteiger charge is 2.29. The molecular formula is C19H21F3N2O4S. The third-order valence-electron chi connectivity index (χ3n) is 4.60. The van der Waals surface area contributed by atoms with Crippen molar-refractivity contribution in [2.75, 3.05) is 25.5 Å². The quantitative estimate of drug-likeness (QED) is 0.733. The van der Waals surface area contributed by atoms with Crippen molar-refractivity contribution in [3.63, 3.8) is 0 Å². The fraction of sp³-hybridized carbons (Fsp3) is 0.316. The molecule has 2 aromatic rings. The number of piperidine rings is 1. The fourth-order valence-electron chi connectivity index (χ4n) is 3.09. The zero-order chi connectivity index (χ0) is 21.2. The van der Waals surface area contributed by atoms with E-state index in [1.807, 2.05) is 0 Å². The molecule has 158 valence electrons. The molecule has 6 nitrogen and oxygen atoms in total. The number of amides is 1. The normalized spacial score (nSPS) is 15.2. The number of halogens is 3. The molecule has 0 bridgehead atoms. The first-order chi connectivity index (χ1) is 13.7. The molecule has 1 fully saturated rings. The van der Waals surface area contributed by atoms with Gasteiger partial charge in [-0.05, 0) is 31.0 Å². The maximum atomic E-state index is 13.4. The van der Waals surface area contributed by atoms with Crippen LogP contribution in [0.15, 0.2) is 35.2 Å². The second kappa shape index (κ2) is 8.42. The Morgan fingerprint density at radius 2 is 1.69 bits per heavy atom. The van der Waals surface area contributed by atoms with Gasteiger partial charge in [0.2, 0.25) is 10.0 Å². The van der Waals surface area contributed by atoms with Crippen molar-refractivity contribution >= 4 is 21.6 Å². The van der Waals surface area contributed by atoms with Gasteiger partial charge >= 0.3 is 0 Å². The molecule has 0 saturated carbocycles. The van der Waals surface area contributed by atoms with E-state index in [1.165, 1.54) is 23.5 Å². The summed E-state index contributed by atoms with van der Waals surface area (Å²) in [5.74, 6) is -5.30. The van der Waals surface area contributed by atoms with Gasteiger partial charge in [-0.1, -0.05) is 6.42 Å². The van der Waals surface area contributed by atoms with E-state index in [4.69, 9.17) is 4.74 Å². The molecule has 0 spiro atoms. The van der Waals surface area contributed by atoms with Crippen LogP contribution in [0.25, 0.3) is 0 Å². The summed E-state index contributed by atoms with van der Waals surface area (Å²) in [6.45, 7) is 0.742. The van der Waals surface area contributed by atoms with Gasteiger partial charge in [0, 0.05) is 37.9 Å². The third-order valence-corrected chi connectivity index (χ3v) is 6.52. The average molecular weight is 430 g/mol. The lowest BCUT2D eigenvalue weighted by atomic mass is 10.2. The zero-order valence-electron chi connectivity index (χ0n) is 15.5. The van der Waals surface area contributed by atoms with Gasteiger partial charge in [0.1, 0.15) is 10.6 Å². The number of sulfonamides is 1. The maximum absolute atomic E-state index is 13.4. The Labute approximate surface area is 167 Å². The Hall–Kier alpha value is -2.59. The van der Waals surface area contributed by atoms with Crippen molar-refractivity contribution in [2.45, 2.75) is 24.2 Å². The lowest BCUT2D eigenvalue weighted by Gasteiger charge is -2.26. The number of carbonyl (C=O) groups excluding carboxylic acids is 1. The van der Waals surface area contributed by atoms with Crippen LogP contribution in [-0.4, -0.2) is 38.8 Å². The number of methoxy groups -OCH3 is 1. The van der Waals surface area contributed by atoms with Crippen molar-refractivity contribution in [1.29, 1.82) is 0 Å². The van der Waals surface area contributed by atoms with E-state index >= 15 is 0 Å². The molecule has 0 unspecified atom stereocenters. The Bertz CT molecular complexity index is 1020. The molecule has 10 heteroatoms. The largest absolute Gasteiger partial charge is 0.495 e. The van der Waals surface area contributed by atoms with Gasteiger partial charge in [0.25, 0.3) is 5.91 Å². The monoisotopic (exact) mass is 430 g/mol. The van der Waals surface area contributed by atoms with Crippen LogP contribution in [0, 0.1) is 17.5 Å². The number of hydrogen-bond acceptors (Lipinski definition) is 4. The van der Waals surface area contributed by atoms with Crippen LogP contribution in [0.4, 0.5) is 18.9 Å². The van der Waals surface area contributed by atoms with Crippen LogP contribution in [-0.2, 0) is 10.0 Å². The molecule has 1 aliphatic heterocycles. The summed E-state index contributed by atoms with van der Waals surface area (Å²) in [5.41, 5.74) is -0.366. The highest BCUT2D eigenvalue weighted by molar-refractivity contribution is 7.89. The Kier molecular flexibility index (Phi) is 6.13. The second-order valence-corrected chi connectivity index (χ2v) is 8.44. The van der Waals surface area contributed by atoms with Crippen LogP contribution in [0.2, 0.25) is 0 Å². The number of ether oxygens (including phenoxy) is 1. The zero-order valence-corrected chi connectivity index (χ0v) is 16.4. The molecule has 1 heterocycles. The smallest absolute Gasteiger partial charge is 0.255 e. The topological polar surface area (TPSA) is 75.7 Å². The molecular weight excluding hydrogens is 409 g/mol. The highest BCUT2D eigenvalue weighted by Crippen LogP contribution is 2.30. The first kappa shape index (κ1) is 21.1. The van der Waals surface area contributed by atoms with E-state index in [0.717, 1.165) is 25.3 Å². The molecule has 29 heavy (non-hydrogen) atoms. The number of anilines is 1. The van der Waals surface area contributed by atoms with Gasteiger partial charge in [-0.3, -0.25) is 4.79 Å². The molecule has 2 aromatic carbocycles. The number of rotatable bonds is 5. The van der Waals surface area contributed by atoms with Gasteiger partial charge in [0.05, 0.1) is 7.11 Å². The molecule has 3 rings (SSSR count). The van der Waals surface area contributed by atoms with Gasteiger partial charge in [0.15, 0.2) is 17.5 Å². The van der Waals surface area contributed by atoms with Crippen LogP contribution in [0.5, 0.6) is 5.75 Å². The predicted octanol–water partition coefficient (Wildman–Crippen LogP) is 3.79. The molecule has 0 aliphatic carbocycles. The number of hydrogen-bond donors (Lipinski definition) is 1. The van der Waals surface area contributed by atoms with Crippen molar-refractivity contribution < 1.29 is 32.5 Å². The van der Waals surface area contributed by atoms with Crippen molar-refractivity contribution in [2.24, 2.45) is 0 Å². The van der Waals surface area contributed by atoms with Gasteiger partial charge < -0.3 is 10.1 Å². The Morgan fingerprint density at radius 1 is 1.07 bits per heavy atom. The first-order valence-electron chi connectivity index (χ1n) is 8.88. The van der Waals surface area contributed by atoms with E-state index in [9.17, 15) is 26.4 Å². The van der Waals surface area contributed by atoms with Crippen molar-refractivity contribution in [3.8, 4) is 5.75 Å². The molecule has 1 saturated heterocycles. The van der Waals surface area contributed by atoms with Crippen molar-refractivity contribution in [1.82, 2.24) is 4.31 Å². The summed E-state index contributed by atoms with van der Waals surface area (Å²) in [5, 5.41) is 2.23. The van der Waals surface area contributed by atoms with Gasteiger partial charge in [-0.15, -0.1) is 0 Å². The Balaban J connectivity index is 0.00000320.